The van der Waals surface area contributed by atoms with Crippen molar-refractivity contribution in [1.82, 2.24) is 16.0 Å². The van der Waals surface area contributed by atoms with Crippen LogP contribution in [0.1, 0.15) is 41.8 Å². The van der Waals surface area contributed by atoms with Crippen LogP contribution in [0.25, 0.3) is 0 Å². The fourth-order valence-electron chi connectivity index (χ4n) is 2.81. The van der Waals surface area contributed by atoms with Crippen LogP contribution in [-0.4, -0.2) is 38.6 Å². The number of aliphatic imine (C=N–C) groups is 1. The first-order valence-electron chi connectivity index (χ1n) is 10.0. The van der Waals surface area contributed by atoms with E-state index in [9.17, 15) is 4.79 Å². The number of nitrogens with one attached hydrogen (secondary N) is 3. The lowest BCUT2D eigenvalue weighted by molar-refractivity contribution is 0.0939. The molecule has 1 amide bonds. The molecular formula is C23H32N4O2. The van der Waals surface area contributed by atoms with Crippen LogP contribution in [0, 0.1) is 0 Å². The van der Waals surface area contributed by atoms with Crippen molar-refractivity contribution in [2.75, 3.05) is 20.7 Å². The Morgan fingerprint density at radius 2 is 1.83 bits per heavy atom. The van der Waals surface area contributed by atoms with Crippen LogP contribution < -0.4 is 20.7 Å². The van der Waals surface area contributed by atoms with Gasteiger partial charge in [-0.3, -0.25) is 9.79 Å². The summed E-state index contributed by atoms with van der Waals surface area (Å²) >= 11 is 0. The predicted molar refractivity (Wildman–Crippen MR) is 119 cm³/mol. The normalized spacial score (nSPS) is 12.2. The third kappa shape index (κ3) is 7.14. The van der Waals surface area contributed by atoms with Gasteiger partial charge in [-0.2, -0.15) is 0 Å². The highest BCUT2D eigenvalue weighted by atomic mass is 16.5. The van der Waals surface area contributed by atoms with E-state index < -0.39 is 0 Å². The second-order valence-corrected chi connectivity index (χ2v) is 6.89. The Balaban J connectivity index is 1.80. The zero-order valence-corrected chi connectivity index (χ0v) is 17.8. The van der Waals surface area contributed by atoms with Gasteiger partial charge in [0.25, 0.3) is 5.91 Å². The summed E-state index contributed by atoms with van der Waals surface area (Å²) in [6.45, 7) is 5.43. The molecule has 0 aromatic heterocycles. The van der Waals surface area contributed by atoms with E-state index in [-0.39, 0.29) is 11.9 Å². The molecule has 0 radical (unpaired) electrons. The van der Waals surface area contributed by atoms with E-state index in [0.717, 1.165) is 42.2 Å². The molecule has 0 saturated carbocycles. The second kappa shape index (κ2) is 11.7. The van der Waals surface area contributed by atoms with Crippen LogP contribution in [0.5, 0.6) is 5.75 Å². The maximum absolute atomic E-state index is 12.2. The molecule has 0 heterocycles. The molecule has 6 heteroatoms. The molecule has 1 unspecified atom stereocenters. The Hall–Kier alpha value is -3.02. The van der Waals surface area contributed by atoms with Gasteiger partial charge >= 0.3 is 0 Å². The fourth-order valence-corrected chi connectivity index (χ4v) is 2.81. The van der Waals surface area contributed by atoms with Crippen molar-refractivity contribution in [3.63, 3.8) is 0 Å². The number of rotatable bonds is 9. The molecule has 3 N–H and O–H groups in total. The molecule has 0 aliphatic carbocycles. The van der Waals surface area contributed by atoms with Crippen LogP contribution in [0.2, 0.25) is 0 Å². The van der Waals surface area contributed by atoms with Crippen molar-refractivity contribution in [3.05, 3.63) is 65.2 Å². The summed E-state index contributed by atoms with van der Waals surface area (Å²) in [5, 5.41) is 9.59. The molecule has 0 fully saturated rings. The fraction of sp³-hybridized carbons (Fsp3) is 0.391. The Kier molecular flexibility index (Phi) is 9.02. The van der Waals surface area contributed by atoms with Crippen LogP contribution in [0.3, 0.4) is 0 Å². The van der Waals surface area contributed by atoms with E-state index >= 15 is 0 Å². The summed E-state index contributed by atoms with van der Waals surface area (Å²) < 4.78 is 5.39. The minimum atomic E-state index is -0.0346. The highest BCUT2D eigenvalue weighted by Crippen LogP contribution is 2.17. The van der Waals surface area contributed by atoms with Gasteiger partial charge in [0.05, 0.1) is 7.11 Å². The average molecular weight is 397 g/mol. The van der Waals surface area contributed by atoms with Crippen molar-refractivity contribution in [2.45, 2.75) is 39.3 Å². The Morgan fingerprint density at radius 3 is 2.48 bits per heavy atom. The molecule has 2 aromatic carbocycles. The number of hydrogen-bond donors (Lipinski definition) is 3. The zero-order chi connectivity index (χ0) is 21.1. The molecule has 0 saturated heterocycles. The van der Waals surface area contributed by atoms with Crippen molar-refractivity contribution in [1.29, 1.82) is 0 Å². The van der Waals surface area contributed by atoms with Gasteiger partial charge in [-0.05, 0) is 49.1 Å². The lowest BCUT2D eigenvalue weighted by Gasteiger charge is -2.14. The first-order chi connectivity index (χ1) is 14.1. The van der Waals surface area contributed by atoms with Gasteiger partial charge in [0, 0.05) is 31.7 Å². The quantitative estimate of drug-likeness (QED) is 0.450. The molecule has 2 rings (SSSR count). The maximum atomic E-state index is 12.2. The number of methoxy groups -OCH3 is 1. The molecular weight excluding hydrogens is 364 g/mol. The summed E-state index contributed by atoms with van der Waals surface area (Å²) in [4.78, 5) is 16.4. The molecule has 0 aliphatic heterocycles. The number of nitrogens with zero attached hydrogens (tertiary/aromatic N) is 1. The molecule has 1 atom stereocenters. The standard InChI is InChI=1S/C23H32N4O2/c1-5-17(2)27-22(28)20-12-10-18(11-13-20)16-26-23(24-3)25-15-14-19-8-6-7-9-21(19)29-4/h6-13,17H,5,14-16H2,1-4H3,(H,27,28)(H2,24,25,26). The largest absolute Gasteiger partial charge is 0.496 e. The predicted octanol–water partition coefficient (Wildman–Crippen LogP) is 3.13. The number of ether oxygens (including phenoxy) is 1. The van der Waals surface area contributed by atoms with Crippen LogP contribution >= 0.6 is 0 Å². The first kappa shape index (κ1) is 22.3. The number of carbonyl (C=O) groups excluding carboxylic acids is 1. The summed E-state index contributed by atoms with van der Waals surface area (Å²) in [6, 6.07) is 15.8. The number of para-hydroxylation sites is 1. The van der Waals surface area contributed by atoms with Crippen molar-refractivity contribution in [3.8, 4) is 5.75 Å². The monoisotopic (exact) mass is 396 g/mol. The molecule has 29 heavy (non-hydrogen) atoms. The van der Waals surface area contributed by atoms with E-state index in [2.05, 4.69) is 33.9 Å². The van der Waals surface area contributed by atoms with Crippen molar-refractivity contribution < 1.29 is 9.53 Å². The van der Waals surface area contributed by atoms with Gasteiger partial charge in [0.1, 0.15) is 5.75 Å². The maximum Gasteiger partial charge on any atom is 0.251 e. The summed E-state index contributed by atoms with van der Waals surface area (Å²) in [6.07, 6.45) is 1.75. The molecule has 0 aliphatic rings. The number of carbonyl (C=O) groups is 1. The minimum absolute atomic E-state index is 0.0346. The van der Waals surface area contributed by atoms with Gasteiger partial charge in [-0.1, -0.05) is 37.3 Å². The average Bonchev–Trinajstić information content (AvgIpc) is 2.76. The highest BCUT2D eigenvalue weighted by Gasteiger charge is 2.08. The van der Waals surface area contributed by atoms with Gasteiger partial charge in [0.15, 0.2) is 5.96 Å². The van der Waals surface area contributed by atoms with Crippen molar-refractivity contribution in [2.24, 2.45) is 4.99 Å². The summed E-state index contributed by atoms with van der Waals surface area (Å²) in [5.41, 5.74) is 2.91. The highest BCUT2D eigenvalue weighted by molar-refractivity contribution is 5.94. The Bertz CT molecular complexity index is 803. The van der Waals surface area contributed by atoms with Crippen LogP contribution in [0.15, 0.2) is 53.5 Å². The van der Waals surface area contributed by atoms with E-state index in [1.807, 2.05) is 49.4 Å². The van der Waals surface area contributed by atoms with E-state index in [1.54, 1.807) is 14.2 Å². The topological polar surface area (TPSA) is 74.8 Å². The van der Waals surface area contributed by atoms with E-state index in [4.69, 9.17) is 4.74 Å². The third-order valence-corrected chi connectivity index (χ3v) is 4.77. The van der Waals surface area contributed by atoms with Gasteiger partial charge in [0.2, 0.25) is 0 Å². The Labute approximate surface area is 173 Å². The first-order valence-corrected chi connectivity index (χ1v) is 10.0. The van der Waals surface area contributed by atoms with Crippen LogP contribution in [-0.2, 0) is 13.0 Å². The van der Waals surface area contributed by atoms with Crippen molar-refractivity contribution >= 4 is 11.9 Å². The molecule has 0 spiro atoms. The molecule has 156 valence electrons. The summed E-state index contributed by atoms with van der Waals surface area (Å²) in [7, 11) is 3.44. The second-order valence-electron chi connectivity index (χ2n) is 6.89. The molecule has 2 aromatic rings. The van der Waals surface area contributed by atoms with E-state index in [0.29, 0.717) is 12.1 Å². The van der Waals surface area contributed by atoms with Gasteiger partial charge < -0.3 is 20.7 Å². The Morgan fingerprint density at radius 1 is 1.10 bits per heavy atom. The SMILES string of the molecule is CCC(C)NC(=O)c1ccc(CNC(=NC)NCCc2ccccc2OC)cc1. The number of amides is 1. The smallest absolute Gasteiger partial charge is 0.251 e. The molecule has 0 bridgehead atoms. The van der Waals surface area contributed by atoms with Crippen LogP contribution in [0.4, 0.5) is 0 Å². The number of guanidine groups is 1. The number of hydrogen-bond acceptors (Lipinski definition) is 3. The third-order valence-electron chi connectivity index (χ3n) is 4.77. The minimum Gasteiger partial charge on any atom is -0.496 e. The zero-order valence-electron chi connectivity index (χ0n) is 17.8. The van der Waals surface area contributed by atoms with Gasteiger partial charge in [-0.25, -0.2) is 0 Å². The lowest BCUT2D eigenvalue weighted by Crippen LogP contribution is -2.37. The summed E-state index contributed by atoms with van der Waals surface area (Å²) in [5.74, 6) is 1.60. The van der Waals surface area contributed by atoms with E-state index in [1.165, 1.54) is 0 Å². The number of benzene rings is 2. The molecule has 6 nitrogen and oxygen atoms in total. The lowest BCUT2D eigenvalue weighted by atomic mass is 10.1. The van der Waals surface area contributed by atoms with Gasteiger partial charge in [-0.15, -0.1) is 0 Å².